The first-order valence-electron chi connectivity index (χ1n) is 11.4. The van der Waals surface area contributed by atoms with E-state index in [0.717, 1.165) is 48.8 Å². The number of nitrogens with zero attached hydrogens (tertiary/aromatic N) is 4. The summed E-state index contributed by atoms with van der Waals surface area (Å²) in [6.07, 6.45) is 1.95. The van der Waals surface area contributed by atoms with E-state index in [0.29, 0.717) is 23.1 Å². The van der Waals surface area contributed by atoms with Gasteiger partial charge in [-0.3, -0.25) is 9.88 Å². The van der Waals surface area contributed by atoms with Crippen molar-refractivity contribution in [3.05, 3.63) is 87.7 Å². The number of fused-ring (bicyclic) bond motifs is 2. The van der Waals surface area contributed by atoms with Crippen LogP contribution in [0.3, 0.4) is 0 Å². The molecule has 8 nitrogen and oxygen atoms in total. The van der Waals surface area contributed by atoms with Crippen LogP contribution >= 0.6 is 0 Å². The van der Waals surface area contributed by atoms with Crippen molar-refractivity contribution >= 4 is 28.4 Å². The molecule has 4 aromatic rings. The number of benzene rings is 2. The average molecular weight is 455 g/mol. The minimum absolute atomic E-state index is 0.439. The molecule has 8 heteroatoms. The van der Waals surface area contributed by atoms with E-state index < -0.39 is 5.76 Å². The van der Waals surface area contributed by atoms with Crippen LogP contribution in [-0.4, -0.2) is 43.9 Å². The topological polar surface area (TPSA) is 90.3 Å². The van der Waals surface area contributed by atoms with Gasteiger partial charge in [0.2, 0.25) is 5.95 Å². The lowest BCUT2D eigenvalue weighted by Gasteiger charge is -2.46. The van der Waals surface area contributed by atoms with Gasteiger partial charge in [0.1, 0.15) is 0 Å². The number of nitrogens with one attached hydrogen (secondary N) is 2. The number of aromatic amines is 1. The predicted octanol–water partition coefficient (Wildman–Crippen LogP) is 3.94. The van der Waals surface area contributed by atoms with E-state index in [2.05, 4.69) is 63.7 Å². The van der Waals surface area contributed by atoms with Gasteiger partial charge in [-0.1, -0.05) is 18.7 Å². The zero-order chi connectivity index (χ0) is 23.4. The van der Waals surface area contributed by atoms with Gasteiger partial charge in [0.25, 0.3) is 0 Å². The van der Waals surface area contributed by atoms with Crippen LogP contribution in [0.2, 0.25) is 0 Å². The second-order valence-electron chi connectivity index (χ2n) is 9.30. The van der Waals surface area contributed by atoms with E-state index >= 15 is 0 Å². The highest BCUT2D eigenvalue weighted by Crippen LogP contribution is 2.32. The Balaban J connectivity index is 1.09. The summed E-state index contributed by atoms with van der Waals surface area (Å²) in [5, 5.41) is 3.35. The number of oxazole rings is 1. The van der Waals surface area contributed by atoms with Gasteiger partial charge in [0.05, 0.1) is 11.2 Å². The molecular weight excluding hydrogens is 428 g/mol. The predicted molar refractivity (Wildman–Crippen MR) is 132 cm³/mol. The van der Waals surface area contributed by atoms with Crippen molar-refractivity contribution in [2.24, 2.45) is 0 Å². The van der Waals surface area contributed by atoms with Gasteiger partial charge < -0.3 is 14.6 Å². The maximum absolute atomic E-state index is 11.4. The first-order valence-corrected chi connectivity index (χ1v) is 11.4. The lowest BCUT2D eigenvalue weighted by molar-refractivity contribution is 0.0712. The van der Waals surface area contributed by atoms with Crippen molar-refractivity contribution in [2.75, 3.05) is 18.4 Å². The summed E-state index contributed by atoms with van der Waals surface area (Å²) in [6.45, 7) is 12.0. The molecule has 0 atom stereocenters. The van der Waals surface area contributed by atoms with Crippen molar-refractivity contribution in [3.8, 4) is 0 Å². The summed E-state index contributed by atoms with van der Waals surface area (Å²) in [5.74, 6) is 0.201. The number of rotatable bonds is 5. The van der Waals surface area contributed by atoms with Crippen LogP contribution in [0, 0.1) is 13.8 Å². The quantitative estimate of drug-likeness (QED) is 0.472. The van der Waals surface area contributed by atoms with Crippen LogP contribution in [0.1, 0.15) is 27.9 Å². The van der Waals surface area contributed by atoms with E-state index in [1.165, 1.54) is 16.7 Å². The Morgan fingerprint density at radius 3 is 2.74 bits per heavy atom. The van der Waals surface area contributed by atoms with Gasteiger partial charge in [-0.05, 0) is 49.2 Å². The second-order valence-corrected chi connectivity index (χ2v) is 9.30. The summed E-state index contributed by atoms with van der Waals surface area (Å²) < 4.78 is 5.19. The lowest BCUT2D eigenvalue weighted by Crippen LogP contribution is -2.56. The SMILES string of the molecule is C=C(c1ccc2[nH]c(=O)oc2c1)N1CC(N2Cc3cnc(Nc4cc(C)cc(C)c4)nc3C2)C1. The number of aromatic nitrogens is 3. The van der Waals surface area contributed by atoms with E-state index in [1.807, 2.05) is 24.4 Å². The number of H-pyrrole nitrogens is 1. The molecular formula is C26H26N6O2. The third kappa shape index (κ3) is 3.76. The minimum Gasteiger partial charge on any atom is -0.408 e. The molecule has 0 saturated carbocycles. The molecule has 6 rings (SSSR count). The molecule has 0 bridgehead atoms. The Morgan fingerprint density at radius 1 is 1.15 bits per heavy atom. The first-order chi connectivity index (χ1) is 16.4. The van der Waals surface area contributed by atoms with E-state index in [4.69, 9.17) is 9.40 Å². The molecule has 2 N–H and O–H groups in total. The van der Waals surface area contributed by atoms with Crippen LogP contribution in [-0.2, 0) is 13.1 Å². The van der Waals surface area contributed by atoms with Crippen LogP contribution in [0.25, 0.3) is 16.8 Å². The minimum atomic E-state index is -0.439. The molecule has 2 aromatic carbocycles. The molecule has 172 valence electrons. The fourth-order valence-electron chi connectivity index (χ4n) is 4.89. The Hall–Kier alpha value is -3.91. The van der Waals surface area contributed by atoms with Crippen molar-refractivity contribution in [1.82, 2.24) is 24.8 Å². The molecule has 34 heavy (non-hydrogen) atoms. The molecule has 4 heterocycles. The number of hydrogen-bond donors (Lipinski definition) is 2. The van der Waals surface area contributed by atoms with Gasteiger partial charge in [-0.15, -0.1) is 0 Å². The Morgan fingerprint density at radius 2 is 1.94 bits per heavy atom. The normalized spacial score (nSPS) is 16.0. The molecule has 0 amide bonds. The Bertz CT molecular complexity index is 1460. The fraction of sp³-hybridized carbons (Fsp3) is 0.269. The summed E-state index contributed by atoms with van der Waals surface area (Å²) >= 11 is 0. The molecule has 2 aromatic heterocycles. The zero-order valence-corrected chi connectivity index (χ0v) is 19.3. The molecule has 0 aliphatic carbocycles. The largest absolute Gasteiger partial charge is 0.417 e. The monoisotopic (exact) mass is 454 g/mol. The lowest BCUT2D eigenvalue weighted by atomic mass is 10.0. The molecule has 1 saturated heterocycles. The van der Waals surface area contributed by atoms with Crippen molar-refractivity contribution in [3.63, 3.8) is 0 Å². The van der Waals surface area contributed by atoms with Crippen molar-refractivity contribution in [1.29, 1.82) is 0 Å². The number of hydrogen-bond acceptors (Lipinski definition) is 7. The summed E-state index contributed by atoms with van der Waals surface area (Å²) in [5.41, 5.74) is 8.88. The highest BCUT2D eigenvalue weighted by atomic mass is 16.4. The van der Waals surface area contributed by atoms with Crippen LogP contribution in [0.15, 0.2) is 58.4 Å². The maximum Gasteiger partial charge on any atom is 0.417 e. The van der Waals surface area contributed by atoms with E-state index in [1.54, 1.807) is 0 Å². The Kier molecular flexibility index (Phi) is 4.77. The van der Waals surface area contributed by atoms with Gasteiger partial charge in [0.15, 0.2) is 5.58 Å². The standard InChI is InChI=1S/C26H26N6O2/c1-15-6-16(2)8-20(7-15)28-25-27-10-19-11-32(14-23(19)29-25)21-12-31(13-21)17(3)18-4-5-22-24(9-18)34-26(33)30-22/h4-10,21H,3,11-14H2,1-2H3,(H,30,33)(H,27,28,29). The summed E-state index contributed by atoms with van der Waals surface area (Å²) in [7, 11) is 0. The van der Waals surface area contributed by atoms with Gasteiger partial charge in [-0.25, -0.2) is 14.8 Å². The fourth-order valence-corrected chi connectivity index (χ4v) is 4.89. The molecule has 0 spiro atoms. The summed E-state index contributed by atoms with van der Waals surface area (Å²) in [6, 6.07) is 12.5. The van der Waals surface area contributed by atoms with Crippen molar-refractivity contribution in [2.45, 2.75) is 33.0 Å². The van der Waals surface area contributed by atoms with Crippen LogP contribution < -0.4 is 11.1 Å². The maximum atomic E-state index is 11.4. The van der Waals surface area contributed by atoms with Gasteiger partial charge in [0, 0.05) is 60.9 Å². The number of likely N-dealkylation sites (tertiary alicyclic amines) is 1. The smallest absolute Gasteiger partial charge is 0.408 e. The average Bonchev–Trinajstić information content (AvgIpc) is 3.33. The third-order valence-electron chi connectivity index (χ3n) is 6.67. The third-order valence-corrected chi connectivity index (χ3v) is 6.67. The van der Waals surface area contributed by atoms with Crippen molar-refractivity contribution < 1.29 is 4.42 Å². The first kappa shape index (κ1) is 20.7. The molecule has 0 unspecified atom stereocenters. The number of anilines is 2. The number of aryl methyl sites for hydroxylation is 2. The molecule has 2 aliphatic heterocycles. The van der Waals surface area contributed by atoms with Crippen LogP contribution in [0.5, 0.6) is 0 Å². The molecule has 0 radical (unpaired) electrons. The van der Waals surface area contributed by atoms with E-state index in [9.17, 15) is 4.79 Å². The van der Waals surface area contributed by atoms with Gasteiger partial charge in [-0.2, -0.15) is 0 Å². The second kappa shape index (κ2) is 7.85. The molecule has 2 aliphatic rings. The highest BCUT2D eigenvalue weighted by Gasteiger charge is 2.36. The van der Waals surface area contributed by atoms with Gasteiger partial charge >= 0.3 is 5.76 Å². The van der Waals surface area contributed by atoms with E-state index in [-0.39, 0.29) is 0 Å². The zero-order valence-electron chi connectivity index (χ0n) is 19.3. The molecule has 1 fully saturated rings. The Labute approximate surface area is 196 Å². The van der Waals surface area contributed by atoms with Crippen LogP contribution in [0.4, 0.5) is 11.6 Å². The highest BCUT2D eigenvalue weighted by molar-refractivity contribution is 5.78. The summed E-state index contributed by atoms with van der Waals surface area (Å²) in [4.78, 5) is 28.2.